The minimum atomic E-state index is -0.994. The van der Waals surface area contributed by atoms with Gasteiger partial charge in [-0.25, -0.2) is 15.2 Å². The second-order valence-electron chi connectivity index (χ2n) is 6.07. The first-order valence-electron chi connectivity index (χ1n) is 8.13. The van der Waals surface area contributed by atoms with Crippen molar-refractivity contribution in [2.75, 3.05) is 5.32 Å². The average molecular weight is 362 g/mol. The molecule has 0 radical (unpaired) electrons. The van der Waals surface area contributed by atoms with Gasteiger partial charge in [0.25, 0.3) is 5.91 Å². The highest BCUT2D eigenvalue weighted by molar-refractivity contribution is 5.94. The Balaban J connectivity index is 1.51. The molecule has 1 amide bonds. The molecule has 3 atom stereocenters. The largest absolute Gasteiger partial charge is 0.451 e. The summed E-state index contributed by atoms with van der Waals surface area (Å²) in [6.45, 7) is 3.17. The van der Waals surface area contributed by atoms with Crippen molar-refractivity contribution in [3.05, 3.63) is 47.5 Å². The normalized spacial score (nSPS) is 20.6. The maximum atomic E-state index is 13.0. The molecule has 1 aliphatic rings. The van der Waals surface area contributed by atoms with Gasteiger partial charge in [0, 0.05) is 12.1 Å². The Kier molecular flexibility index (Phi) is 5.29. The number of nitrogens with one attached hydrogen (secondary N) is 3. The summed E-state index contributed by atoms with van der Waals surface area (Å²) in [6.07, 6.45) is -0.576. The molecule has 3 unspecified atom stereocenters. The molecule has 2 aromatic rings. The number of esters is 1. The summed E-state index contributed by atoms with van der Waals surface area (Å²) >= 11 is 0. The number of rotatable bonds is 5. The molecule has 1 saturated heterocycles. The first-order valence-corrected chi connectivity index (χ1v) is 8.13. The number of benzene rings is 1. The van der Waals surface area contributed by atoms with Crippen LogP contribution in [0.2, 0.25) is 0 Å². The van der Waals surface area contributed by atoms with Crippen LogP contribution in [0.25, 0.3) is 0 Å². The van der Waals surface area contributed by atoms with E-state index in [-0.39, 0.29) is 17.7 Å². The molecule has 0 bridgehead atoms. The van der Waals surface area contributed by atoms with Crippen molar-refractivity contribution in [1.29, 1.82) is 0 Å². The van der Waals surface area contributed by atoms with E-state index >= 15 is 0 Å². The van der Waals surface area contributed by atoms with Gasteiger partial charge in [0.1, 0.15) is 17.6 Å². The number of carbonyl (C=O) groups excluding carboxylic acids is 2. The van der Waals surface area contributed by atoms with Crippen LogP contribution >= 0.6 is 0 Å². The predicted octanol–water partition coefficient (Wildman–Crippen LogP) is 1.60. The standard InChI is InChI=1S/C17H19FN4O4/c1-9-7-15(22-26-9)19-16(23)10(2)25-17(24)14-8-13(20-21-14)11-3-5-12(18)6-4-11/h3-7,10,13-14,20-21H,8H2,1-2H3,(H,19,22,23). The lowest BCUT2D eigenvalue weighted by atomic mass is 10.0. The minimum Gasteiger partial charge on any atom is -0.451 e. The number of hydrogen-bond acceptors (Lipinski definition) is 7. The van der Waals surface area contributed by atoms with Crippen molar-refractivity contribution >= 4 is 17.7 Å². The smallest absolute Gasteiger partial charge is 0.325 e. The van der Waals surface area contributed by atoms with Crippen LogP contribution < -0.4 is 16.2 Å². The molecule has 9 heteroatoms. The van der Waals surface area contributed by atoms with Gasteiger partial charge in [0.2, 0.25) is 0 Å². The number of ether oxygens (including phenoxy) is 1. The second kappa shape index (κ2) is 7.63. The summed E-state index contributed by atoms with van der Waals surface area (Å²) < 4.78 is 23.1. The molecule has 1 fully saturated rings. The number of halogens is 1. The zero-order valence-electron chi connectivity index (χ0n) is 14.3. The number of aromatic nitrogens is 1. The molecular weight excluding hydrogens is 343 g/mol. The molecular formula is C17H19FN4O4. The zero-order valence-corrected chi connectivity index (χ0v) is 14.3. The average Bonchev–Trinajstić information content (AvgIpc) is 3.25. The van der Waals surface area contributed by atoms with Gasteiger partial charge in [-0.1, -0.05) is 17.3 Å². The summed E-state index contributed by atoms with van der Waals surface area (Å²) in [5, 5.41) is 6.15. The highest BCUT2D eigenvalue weighted by Crippen LogP contribution is 2.23. The Morgan fingerprint density at radius 3 is 2.73 bits per heavy atom. The topological polar surface area (TPSA) is 105 Å². The first kappa shape index (κ1) is 18.0. The van der Waals surface area contributed by atoms with Crippen LogP contribution in [0.1, 0.15) is 30.7 Å². The fourth-order valence-electron chi connectivity index (χ4n) is 2.59. The second-order valence-corrected chi connectivity index (χ2v) is 6.07. The molecule has 3 rings (SSSR count). The van der Waals surface area contributed by atoms with Gasteiger partial charge in [-0.15, -0.1) is 0 Å². The van der Waals surface area contributed by atoms with E-state index in [9.17, 15) is 14.0 Å². The van der Waals surface area contributed by atoms with Gasteiger partial charge < -0.3 is 14.6 Å². The number of hydrazine groups is 1. The number of carbonyl (C=O) groups is 2. The lowest BCUT2D eigenvalue weighted by Crippen LogP contribution is -2.40. The lowest BCUT2D eigenvalue weighted by Gasteiger charge is -2.15. The highest BCUT2D eigenvalue weighted by Gasteiger charge is 2.33. The van der Waals surface area contributed by atoms with Crippen LogP contribution in [0.4, 0.5) is 10.2 Å². The Bertz CT molecular complexity index is 792. The molecule has 3 N–H and O–H groups in total. The molecule has 138 valence electrons. The van der Waals surface area contributed by atoms with E-state index in [2.05, 4.69) is 21.3 Å². The number of nitrogens with zero attached hydrogens (tertiary/aromatic N) is 1. The lowest BCUT2D eigenvalue weighted by molar-refractivity contribution is -0.155. The van der Waals surface area contributed by atoms with E-state index < -0.39 is 24.0 Å². The molecule has 26 heavy (non-hydrogen) atoms. The van der Waals surface area contributed by atoms with E-state index in [0.29, 0.717) is 12.2 Å². The van der Waals surface area contributed by atoms with Gasteiger partial charge in [0.05, 0.1) is 0 Å². The summed E-state index contributed by atoms with van der Waals surface area (Å²) in [4.78, 5) is 24.3. The number of hydrogen-bond donors (Lipinski definition) is 3. The van der Waals surface area contributed by atoms with Crippen molar-refractivity contribution < 1.29 is 23.2 Å². The van der Waals surface area contributed by atoms with Crippen molar-refractivity contribution in [2.45, 2.75) is 38.5 Å². The Hall–Kier alpha value is -2.78. The minimum absolute atomic E-state index is 0.157. The van der Waals surface area contributed by atoms with Gasteiger partial charge in [0.15, 0.2) is 11.9 Å². The Morgan fingerprint density at radius 2 is 2.08 bits per heavy atom. The van der Waals surface area contributed by atoms with Crippen molar-refractivity contribution in [2.24, 2.45) is 0 Å². The van der Waals surface area contributed by atoms with E-state index in [1.54, 1.807) is 25.1 Å². The highest BCUT2D eigenvalue weighted by atomic mass is 19.1. The molecule has 2 heterocycles. The monoisotopic (exact) mass is 362 g/mol. The molecule has 8 nitrogen and oxygen atoms in total. The maximum absolute atomic E-state index is 13.0. The number of anilines is 1. The zero-order chi connectivity index (χ0) is 18.7. The van der Waals surface area contributed by atoms with Gasteiger partial charge in [-0.05, 0) is 38.0 Å². The molecule has 1 aromatic carbocycles. The van der Waals surface area contributed by atoms with Crippen LogP contribution in [0.3, 0.4) is 0 Å². The maximum Gasteiger partial charge on any atom is 0.325 e. The van der Waals surface area contributed by atoms with Crippen LogP contribution in [0.15, 0.2) is 34.9 Å². The number of aryl methyl sites for hydroxylation is 1. The predicted molar refractivity (Wildman–Crippen MR) is 89.2 cm³/mol. The molecule has 0 aliphatic carbocycles. The van der Waals surface area contributed by atoms with E-state index in [1.165, 1.54) is 19.1 Å². The van der Waals surface area contributed by atoms with Crippen molar-refractivity contribution in [3.63, 3.8) is 0 Å². The third-order valence-electron chi connectivity index (χ3n) is 4.00. The van der Waals surface area contributed by atoms with E-state index in [4.69, 9.17) is 9.26 Å². The van der Waals surface area contributed by atoms with Gasteiger partial charge >= 0.3 is 5.97 Å². The van der Waals surface area contributed by atoms with E-state index in [0.717, 1.165) is 5.56 Å². The summed E-state index contributed by atoms with van der Waals surface area (Å²) in [7, 11) is 0. The third kappa shape index (κ3) is 4.24. The Labute approximate surface area is 149 Å². The van der Waals surface area contributed by atoms with Gasteiger partial charge in [-0.3, -0.25) is 9.59 Å². The molecule has 0 spiro atoms. The third-order valence-corrected chi connectivity index (χ3v) is 4.00. The molecule has 1 aromatic heterocycles. The fraction of sp³-hybridized carbons (Fsp3) is 0.353. The Morgan fingerprint density at radius 1 is 1.35 bits per heavy atom. The van der Waals surface area contributed by atoms with Crippen molar-refractivity contribution in [3.8, 4) is 0 Å². The summed E-state index contributed by atoms with van der Waals surface area (Å²) in [6, 6.07) is 6.81. The summed E-state index contributed by atoms with van der Waals surface area (Å²) in [5.41, 5.74) is 6.66. The summed E-state index contributed by atoms with van der Waals surface area (Å²) in [5.74, 6) is -0.572. The van der Waals surface area contributed by atoms with Crippen LogP contribution in [0.5, 0.6) is 0 Å². The fourth-order valence-corrected chi connectivity index (χ4v) is 2.59. The quantitative estimate of drug-likeness (QED) is 0.694. The van der Waals surface area contributed by atoms with Crippen LogP contribution in [-0.2, 0) is 14.3 Å². The first-order chi connectivity index (χ1) is 12.4. The van der Waals surface area contributed by atoms with E-state index in [1.807, 2.05) is 0 Å². The van der Waals surface area contributed by atoms with Gasteiger partial charge in [-0.2, -0.15) is 0 Å². The number of amides is 1. The molecule has 1 aliphatic heterocycles. The van der Waals surface area contributed by atoms with Crippen LogP contribution in [-0.4, -0.2) is 29.2 Å². The van der Waals surface area contributed by atoms with Crippen molar-refractivity contribution in [1.82, 2.24) is 16.0 Å². The van der Waals surface area contributed by atoms with Crippen LogP contribution in [0, 0.1) is 12.7 Å². The SMILES string of the molecule is Cc1cc(NC(=O)C(C)OC(=O)C2CC(c3ccc(F)cc3)NN2)no1. The molecule has 0 saturated carbocycles.